The lowest BCUT2D eigenvalue weighted by atomic mass is 9.91. The van der Waals surface area contributed by atoms with Gasteiger partial charge in [-0.05, 0) is 17.7 Å². The van der Waals surface area contributed by atoms with Gasteiger partial charge in [0.05, 0.1) is 19.6 Å². The summed E-state index contributed by atoms with van der Waals surface area (Å²) in [5.41, 5.74) is 0.919. The number of aliphatic hydroxyl groups is 1. The van der Waals surface area contributed by atoms with Crippen LogP contribution in [0.1, 0.15) is 21.8 Å². The number of hydrogen-bond acceptors (Lipinski definition) is 3. The maximum atomic E-state index is 13.7. The van der Waals surface area contributed by atoms with E-state index in [1.54, 1.807) is 36.4 Å². The van der Waals surface area contributed by atoms with E-state index in [0.29, 0.717) is 11.1 Å². The van der Waals surface area contributed by atoms with Gasteiger partial charge < -0.3 is 9.84 Å². The Morgan fingerprint density at radius 3 is 2.50 bits per heavy atom. The van der Waals surface area contributed by atoms with E-state index in [-0.39, 0.29) is 18.1 Å². The van der Waals surface area contributed by atoms with E-state index in [9.17, 15) is 14.3 Å². The summed E-state index contributed by atoms with van der Waals surface area (Å²) in [6.45, 7) is -0.375. The van der Waals surface area contributed by atoms with Crippen molar-refractivity contribution >= 4 is 5.78 Å². The first-order valence-corrected chi connectivity index (χ1v) is 6.21. The Labute approximate surface area is 116 Å². The van der Waals surface area contributed by atoms with E-state index in [4.69, 9.17) is 4.74 Å². The molecule has 4 heteroatoms. The quantitative estimate of drug-likeness (QED) is 0.853. The van der Waals surface area contributed by atoms with Crippen LogP contribution in [0.25, 0.3) is 0 Å². The summed E-state index contributed by atoms with van der Waals surface area (Å²) >= 11 is 0. The Balaban J connectivity index is 2.33. The van der Waals surface area contributed by atoms with Crippen LogP contribution in [0, 0.1) is 5.82 Å². The van der Waals surface area contributed by atoms with Crippen LogP contribution in [-0.2, 0) is 0 Å². The van der Waals surface area contributed by atoms with Gasteiger partial charge in [0.2, 0.25) is 0 Å². The standard InChI is InChI=1S/C16H15FO3/c1-20-15-8-7-12(9-14(15)17)13(10-18)16(19)11-5-3-2-4-6-11/h2-9,13,18H,10H2,1H3/t13-/m1/s1. The lowest BCUT2D eigenvalue weighted by Gasteiger charge is -2.14. The maximum Gasteiger partial charge on any atom is 0.172 e. The van der Waals surface area contributed by atoms with Gasteiger partial charge in [-0.1, -0.05) is 36.4 Å². The molecule has 2 aromatic carbocycles. The minimum absolute atomic E-state index is 0.109. The highest BCUT2D eigenvalue weighted by molar-refractivity contribution is 6.01. The van der Waals surface area contributed by atoms with Crippen LogP contribution >= 0.6 is 0 Å². The fourth-order valence-electron chi connectivity index (χ4n) is 2.04. The third-order valence-corrected chi connectivity index (χ3v) is 3.14. The second-order valence-electron chi connectivity index (χ2n) is 4.36. The molecule has 0 saturated heterocycles. The molecule has 0 saturated carbocycles. The highest BCUT2D eigenvalue weighted by atomic mass is 19.1. The van der Waals surface area contributed by atoms with Crippen LogP contribution in [-0.4, -0.2) is 24.6 Å². The molecule has 0 heterocycles. The van der Waals surface area contributed by atoms with Crippen LogP contribution in [0.15, 0.2) is 48.5 Å². The van der Waals surface area contributed by atoms with Gasteiger partial charge in [-0.3, -0.25) is 4.79 Å². The van der Waals surface area contributed by atoms with Crippen LogP contribution in [0.2, 0.25) is 0 Å². The van der Waals surface area contributed by atoms with Gasteiger partial charge in [0, 0.05) is 5.56 Å². The topological polar surface area (TPSA) is 46.5 Å². The first-order chi connectivity index (χ1) is 9.67. The molecule has 0 spiro atoms. The lowest BCUT2D eigenvalue weighted by molar-refractivity contribution is 0.0922. The number of halogens is 1. The van der Waals surface area contributed by atoms with Gasteiger partial charge in [-0.25, -0.2) is 4.39 Å². The fourth-order valence-corrected chi connectivity index (χ4v) is 2.04. The number of aliphatic hydroxyl groups excluding tert-OH is 1. The summed E-state index contributed by atoms with van der Waals surface area (Å²) in [5.74, 6) is -1.46. The normalized spacial score (nSPS) is 11.9. The van der Waals surface area contributed by atoms with Crippen molar-refractivity contribution in [3.63, 3.8) is 0 Å². The fraction of sp³-hybridized carbons (Fsp3) is 0.188. The SMILES string of the molecule is COc1ccc([C@@H](CO)C(=O)c2ccccc2)cc1F. The molecular weight excluding hydrogens is 259 g/mol. The van der Waals surface area contributed by atoms with Gasteiger partial charge in [0.15, 0.2) is 17.3 Å². The van der Waals surface area contributed by atoms with E-state index in [0.717, 1.165) is 0 Å². The number of ether oxygens (including phenoxy) is 1. The van der Waals surface area contributed by atoms with Crippen LogP contribution in [0.4, 0.5) is 4.39 Å². The lowest BCUT2D eigenvalue weighted by Crippen LogP contribution is -2.17. The Kier molecular flexibility index (Phi) is 4.48. The molecule has 0 aliphatic heterocycles. The summed E-state index contributed by atoms with van der Waals surface area (Å²) in [6.07, 6.45) is 0. The summed E-state index contributed by atoms with van der Waals surface area (Å²) in [6, 6.07) is 12.9. The highest BCUT2D eigenvalue weighted by Gasteiger charge is 2.22. The number of rotatable bonds is 5. The molecule has 0 unspecified atom stereocenters. The Bertz CT molecular complexity index is 596. The van der Waals surface area contributed by atoms with Gasteiger partial charge in [0.1, 0.15) is 0 Å². The Hall–Kier alpha value is -2.20. The molecular formula is C16H15FO3. The number of benzene rings is 2. The largest absolute Gasteiger partial charge is 0.494 e. The van der Waals surface area contributed by atoms with Crippen molar-refractivity contribution in [2.75, 3.05) is 13.7 Å². The third kappa shape index (κ3) is 2.86. The second-order valence-corrected chi connectivity index (χ2v) is 4.36. The van der Waals surface area contributed by atoms with Crippen molar-refractivity contribution < 1.29 is 19.0 Å². The highest BCUT2D eigenvalue weighted by Crippen LogP contribution is 2.25. The summed E-state index contributed by atoms with van der Waals surface area (Å²) in [4.78, 5) is 12.3. The number of ketones is 1. The van der Waals surface area contributed by atoms with Gasteiger partial charge in [-0.2, -0.15) is 0 Å². The minimum Gasteiger partial charge on any atom is -0.494 e. The molecule has 0 aliphatic carbocycles. The van der Waals surface area contributed by atoms with E-state index >= 15 is 0 Å². The molecule has 2 aromatic rings. The molecule has 3 nitrogen and oxygen atoms in total. The average Bonchev–Trinajstić information content (AvgIpc) is 2.49. The van der Waals surface area contributed by atoms with E-state index in [1.807, 2.05) is 0 Å². The first-order valence-electron chi connectivity index (χ1n) is 6.21. The Morgan fingerprint density at radius 2 is 1.95 bits per heavy atom. The molecule has 1 N–H and O–H groups in total. The van der Waals surface area contributed by atoms with Crippen LogP contribution in [0.5, 0.6) is 5.75 Å². The van der Waals surface area contributed by atoms with Gasteiger partial charge in [0.25, 0.3) is 0 Å². The zero-order chi connectivity index (χ0) is 14.5. The van der Waals surface area contributed by atoms with Crippen molar-refractivity contribution in [2.45, 2.75) is 5.92 Å². The third-order valence-electron chi connectivity index (χ3n) is 3.14. The molecule has 2 rings (SSSR count). The van der Waals surface area contributed by atoms with Gasteiger partial charge in [-0.15, -0.1) is 0 Å². The zero-order valence-corrected chi connectivity index (χ0v) is 11.0. The van der Waals surface area contributed by atoms with Crippen LogP contribution in [0.3, 0.4) is 0 Å². The summed E-state index contributed by atoms with van der Waals surface area (Å²) in [7, 11) is 1.37. The molecule has 0 radical (unpaired) electrons. The maximum absolute atomic E-state index is 13.7. The average molecular weight is 274 g/mol. The number of Topliss-reactive ketones (excluding diaryl/α,β-unsaturated/α-hetero) is 1. The van der Waals surface area contributed by atoms with Crippen molar-refractivity contribution in [3.8, 4) is 5.75 Å². The van der Waals surface area contributed by atoms with E-state index in [2.05, 4.69) is 0 Å². The molecule has 0 aromatic heterocycles. The van der Waals surface area contributed by atoms with Crippen molar-refractivity contribution in [1.29, 1.82) is 0 Å². The molecule has 1 atom stereocenters. The predicted octanol–water partition coefficient (Wildman–Crippen LogP) is 2.79. The van der Waals surface area contributed by atoms with Crippen molar-refractivity contribution in [1.82, 2.24) is 0 Å². The molecule has 0 amide bonds. The number of hydrogen-bond donors (Lipinski definition) is 1. The van der Waals surface area contributed by atoms with Crippen molar-refractivity contribution in [3.05, 3.63) is 65.5 Å². The van der Waals surface area contributed by atoms with Crippen LogP contribution < -0.4 is 4.74 Å². The number of carbonyl (C=O) groups excluding carboxylic acids is 1. The molecule has 104 valence electrons. The molecule has 0 aliphatic rings. The number of carbonyl (C=O) groups is 1. The molecule has 0 bridgehead atoms. The Morgan fingerprint density at radius 1 is 1.25 bits per heavy atom. The van der Waals surface area contributed by atoms with Crippen molar-refractivity contribution in [2.24, 2.45) is 0 Å². The smallest absolute Gasteiger partial charge is 0.172 e. The predicted molar refractivity (Wildman–Crippen MR) is 73.6 cm³/mol. The summed E-state index contributed by atoms with van der Waals surface area (Å²) < 4.78 is 18.5. The number of methoxy groups -OCH3 is 1. The van der Waals surface area contributed by atoms with E-state index < -0.39 is 11.7 Å². The monoisotopic (exact) mass is 274 g/mol. The van der Waals surface area contributed by atoms with Gasteiger partial charge >= 0.3 is 0 Å². The second kappa shape index (κ2) is 6.30. The van der Waals surface area contributed by atoms with E-state index in [1.165, 1.54) is 19.2 Å². The first kappa shape index (κ1) is 14.2. The zero-order valence-electron chi connectivity index (χ0n) is 11.0. The summed E-state index contributed by atoms with van der Waals surface area (Å²) in [5, 5.41) is 9.45. The molecule has 20 heavy (non-hydrogen) atoms. The minimum atomic E-state index is -0.780. The molecule has 0 fully saturated rings.